The van der Waals surface area contributed by atoms with Gasteiger partial charge in [-0.3, -0.25) is 0 Å². The van der Waals surface area contributed by atoms with Crippen molar-refractivity contribution in [2.24, 2.45) is 7.05 Å². The Morgan fingerprint density at radius 2 is 2.24 bits per heavy atom. The standard InChI is InChI=1S/C18H24N2O/c1-4-15(5-2)16-8-6-10-18(12-16)21-11-7-9-17-13-20(3)14-19-17/h4,6,8,10,12-14H,5,7,9,11H2,1-3H3/b15-4-. The summed E-state index contributed by atoms with van der Waals surface area (Å²) in [5.41, 5.74) is 3.73. The number of imidazole rings is 1. The van der Waals surface area contributed by atoms with E-state index in [0.29, 0.717) is 0 Å². The van der Waals surface area contributed by atoms with E-state index in [1.165, 1.54) is 11.1 Å². The summed E-state index contributed by atoms with van der Waals surface area (Å²) in [6, 6.07) is 8.34. The van der Waals surface area contributed by atoms with Gasteiger partial charge in [0.15, 0.2) is 0 Å². The van der Waals surface area contributed by atoms with Gasteiger partial charge in [-0.15, -0.1) is 0 Å². The fourth-order valence-corrected chi connectivity index (χ4v) is 2.40. The first-order chi connectivity index (χ1) is 10.2. The number of hydrogen-bond acceptors (Lipinski definition) is 2. The van der Waals surface area contributed by atoms with Gasteiger partial charge in [-0.25, -0.2) is 4.98 Å². The van der Waals surface area contributed by atoms with Crippen LogP contribution in [-0.2, 0) is 13.5 Å². The molecular weight excluding hydrogens is 260 g/mol. The second-order valence-corrected chi connectivity index (χ2v) is 5.18. The van der Waals surface area contributed by atoms with E-state index in [2.05, 4.69) is 49.3 Å². The highest BCUT2D eigenvalue weighted by atomic mass is 16.5. The number of ether oxygens (including phenoxy) is 1. The highest BCUT2D eigenvalue weighted by molar-refractivity contribution is 5.66. The molecule has 2 aromatic rings. The third-order valence-corrected chi connectivity index (χ3v) is 3.54. The second kappa shape index (κ2) is 7.67. The maximum Gasteiger partial charge on any atom is 0.119 e. The molecule has 0 radical (unpaired) electrons. The normalized spacial score (nSPS) is 11.7. The van der Waals surface area contributed by atoms with Gasteiger partial charge in [-0.1, -0.05) is 25.1 Å². The van der Waals surface area contributed by atoms with E-state index in [4.69, 9.17) is 4.74 Å². The number of benzene rings is 1. The van der Waals surface area contributed by atoms with E-state index >= 15 is 0 Å². The van der Waals surface area contributed by atoms with Crippen molar-refractivity contribution in [1.29, 1.82) is 0 Å². The lowest BCUT2D eigenvalue weighted by atomic mass is 10.0. The van der Waals surface area contributed by atoms with Crippen molar-refractivity contribution in [3.63, 3.8) is 0 Å². The first-order valence-corrected chi connectivity index (χ1v) is 7.58. The van der Waals surface area contributed by atoms with Crippen molar-refractivity contribution in [3.05, 3.63) is 54.1 Å². The van der Waals surface area contributed by atoms with Gasteiger partial charge in [-0.2, -0.15) is 0 Å². The van der Waals surface area contributed by atoms with Crippen LogP contribution in [0.25, 0.3) is 5.57 Å². The smallest absolute Gasteiger partial charge is 0.119 e. The predicted molar refractivity (Wildman–Crippen MR) is 87.4 cm³/mol. The van der Waals surface area contributed by atoms with E-state index in [1.54, 1.807) is 0 Å². The van der Waals surface area contributed by atoms with E-state index in [-0.39, 0.29) is 0 Å². The molecule has 3 nitrogen and oxygen atoms in total. The lowest BCUT2D eigenvalue weighted by Gasteiger charge is -2.09. The van der Waals surface area contributed by atoms with Gasteiger partial charge in [0.2, 0.25) is 0 Å². The Hall–Kier alpha value is -2.03. The number of aromatic nitrogens is 2. The minimum absolute atomic E-state index is 0.720. The summed E-state index contributed by atoms with van der Waals surface area (Å²) in [5, 5.41) is 0. The molecule has 0 fully saturated rings. The van der Waals surface area contributed by atoms with E-state index in [1.807, 2.05) is 24.0 Å². The molecule has 0 saturated carbocycles. The molecule has 1 aromatic heterocycles. The number of nitrogens with zero attached hydrogens (tertiary/aromatic N) is 2. The first-order valence-electron chi connectivity index (χ1n) is 7.58. The minimum atomic E-state index is 0.720. The Morgan fingerprint density at radius 3 is 2.90 bits per heavy atom. The zero-order valence-electron chi connectivity index (χ0n) is 13.2. The molecule has 0 aliphatic heterocycles. The summed E-state index contributed by atoms with van der Waals surface area (Å²) >= 11 is 0. The maximum absolute atomic E-state index is 5.85. The van der Waals surface area contributed by atoms with E-state index < -0.39 is 0 Å². The van der Waals surface area contributed by atoms with Crippen LogP contribution in [0.4, 0.5) is 0 Å². The van der Waals surface area contributed by atoms with Gasteiger partial charge < -0.3 is 9.30 Å². The topological polar surface area (TPSA) is 27.1 Å². The monoisotopic (exact) mass is 284 g/mol. The Kier molecular flexibility index (Phi) is 5.61. The van der Waals surface area contributed by atoms with Crippen LogP contribution < -0.4 is 4.74 Å². The molecule has 0 amide bonds. The molecule has 0 N–H and O–H groups in total. The highest BCUT2D eigenvalue weighted by Crippen LogP contribution is 2.22. The van der Waals surface area contributed by atoms with Crippen LogP contribution in [-0.4, -0.2) is 16.2 Å². The third-order valence-electron chi connectivity index (χ3n) is 3.54. The van der Waals surface area contributed by atoms with Crippen molar-refractivity contribution in [3.8, 4) is 5.75 Å². The molecule has 1 heterocycles. The molecule has 0 aliphatic rings. The average Bonchev–Trinajstić information content (AvgIpc) is 2.91. The number of allylic oxidation sites excluding steroid dienone is 2. The van der Waals surface area contributed by atoms with Crippen molar-refractivity contribution >= 4 is 5.57 Å². The van der Waals surface area contributed by atoms with E-state index in [9.17, 15) is 0 Å². The van der Waals surface area contributed by atoms with Crippen LogP contribution in [0.3, 0.4) is 0 Å². The molecule has 0 aliphatic carbocycles. The fourth-order valence-electron chi connectivity index (χ4n) is 2.40. The zero-order chi connectivity index (χ0) is 15.1. The lowest BCUT2D eigenvalue weighted by molar-refractivity contribution is 0.310. The molecule has 0 saturated heterocycles. The summed E-state index contributed by atoms with van der Waals surface area (Å²) in [4.78, 5) is 4.32. The summed E-state index contributed by atoms with van der Waals surface area (Å²) in [6.07, 6.45) is 9.03. The summed E-state index contributed by atoms with van der Waals surface area (Å²) in [7, 11) is 1.99. The molecule has 3 heteroatoms. The van der Waals surface area contributed by atoms with Crippen molar-refractivity contribution in [2.75, 3.05) is 6.61 Å². The highest BCUT2D eigenvalue weighted by Gasteiger charge is 2.01. The second-order valence-electron chi connectivity index (χ2n) is 5.18. The molecule has 2 rings (SSSR count). The molecule has 0 spiro atoms. The molecule has 0 bridgehead atoms. The molecule has 1 aromatic carbocycles. The molecule has 0 atom stereocenters. The van der Waals surface area contributed by atoms with Gasteiger partial charge in [0, 0.05) is 13.2 Å². The van der Waals surface area contributed by atoms with Crippen LogP contribution in [0.2, 0.25) is 0 Å². The van der Waals surface area contributed by atoms with Gasteiger partial charge in [0.05, 0.1) is 18.6 Å². The molecule has 112 valence electrons. The van der Waals surface area contributed by atoms with Crippen LogP contribution in [0.1, 0.15) is 37.9 Å². The minimum Gasteiger partial charge on any atom is -0.494 e. The van der Waals surface area contributed by atoms with Crippen LogP contribution >= 0.6 is 0 Å². The van der Waals surface area contributed by atoms with E-state index in [0.717, 1.165) is 37.3 Å². The summed E-state index contributed by atoms with van der Waals surface area (Å²) in [6.45, 7) is 4.98. The maximum atomic E-state index is 5.85. The first kappa shape index (κ1) is 15.4. The quantitative estimate of drug-likeness (QED) is 0.711. The Morgan fingerprint density at radius 1 is 1.38 bits per heavy atom. The van der Waals surface area contributed by atoms with Gasteiger partial charge >= 0.3 is 0 Å². The molecular formula is C18H24N2O. The third kappa shape index (κ3) is 4.48. The van der Waals surface area contributed by atoms with Gasteiger partial charge in [0.1, 0.15) is 5.75 Å². The van der Waals surface area contributed by atoms with Gasteiger partial charge in [-0.05, 0) is 49.5 Å². The largest absolute Gasteiger partial charge is 0.494 e. The predicted octanol–water partition coefficient (Wildman–Crippen LogP) is 4.25. The van der Waals surface area contributed by atoms with Crippen LogP contribution in [0.15, 0.2) is 42.9 Å². The SMILES string of the molecule is C/C=C(/CC)c1cccc(OCCCc2cn(C)cn2)c1. The Bertz CT molecular complexity index is 599. The lowest BCUT2D eigenvalue weighted by Crippen LogP contribution is -2.00. The van der Waals surface area contributed by atoms with Crippen molar-refractivity contribution < 1.29 is 4.74 Å². The van der Waals surface area contributed by atoms with Crippen molar-refractivity contribution in [1.82, 2.24) is 9.55 Å². The van der Waals surface area contributed by atoms with Crippen LogP contribution in [0, 0.1) is 0 Å². The van der Waals surface area contributed by atoms with Crippen LogP contribution in [0.5, 0.6) is 5.75 Å². The van der Waals surface area contributed by atoms with Gasteiger partial charge in [0.25, 0.3) is 0 Å². The fraction of sp³-hybridized carbons (Fsp3) is 0.389. The Balaban J connectivity index is 1.84. The average molecular weight is 284 g/mol. The summed E-state index contributed by atoms with van der Waals surface area (Å²) < 4.78 is 7.83. The summed E-state index contributed by atoms with van der Waals surface area (Å²) in [5.74, 6) is 0.946. The van der Waals surface area contributed by atoms with Crippen molar-refractivity contribution in [2.45, 2.75) is 33.1 Å². The molecule has 21 heavy (non-hydrogen) atoms. The zero-order valence-corrected chi connectivity index (χ0v) is 13.2. The Labute approximate surface area is 127 Å². The number of rotatable bonds is 7. The molecule has 0 unspecified atom stereocenters. The number of hydrogen-bond donors (Lipinski definition) is 0. The number of aryl methyl sites for hydroxylation is 2.